The fraction of sp³-hybridized carbons (Fsp3) is 0.538. The highest BCUT2D eigenvalue weighted by atomic mass is 16.5. The smallest absolute Gasteiger partial charge is 0.317 e. The second-order valence-corrected chi connectivity index (χ2v) is 4.58. The number of rotatable bonds is 8. The van der Waals surface area contributed by atoms with Crippen LogP contribution in [0.2, 0.25) is 0 Å². The molecule has 0 aromatic carbocycles. The highest BCUT2D eigenvalue weighted by Gasteiger charge is 2.11. The van der Waals surface area contributed by atoms with Crippen LogP contribution < -0.4 is 4.74 Å². The van der Waals surface area contributed by atoms with Crippen molar-refractivity contribution in [3.63, 3.8) is 0 Å². The van der Waals surface area contributed by atoms with E-state index in [1.165, 1.54) is 0 Å². The second kappa shape index (κ2) is 7.70. The molecule has 1 N–H and O–H groups in total. The first-order valence-electron chi connectivity index (χ1n) is 6.10. The second-order valence-electron chi connectivity index (χ2n) is 4.58. The van der Waals surface area contributed by atoms with Crippen LogP contribution in [0.3, 0.4) is 0 Å². The number of aromatic nitrogens is 1. The Hall–Kier alpha value is -1.66. The molecule has 0 amide bonds. The number of aliphatic carboxylic acids is 1. The van der Waals surface area contributed by atoms with Crippen molar-refractivity contribution in [2.24, 2.45) is 0 Å². The summed E-state index contributed by atoms with van der Waals surface area (Å²) in [5, 5.41) is 8.93. The molecule has 1 aromatic rings. The van der Waals surface area contributed by atoms with E-state index in [9.17, 15) is 4.79 Å². The van der Waals surface area contributed by atoms with E-state index in [0.29, 0.717) is 19.0 Å². The molecule has 0 fully saturated rings. The third kappa shape index (κ3) is 6.17. The van der Waals surface area contributed by atoms with E-state index in [1.807, 2.05) is 36.0 Å². The Morgan fingerprint density at radius 3 is 2.68 bits per heavy atom. The van der Waals surface area contributed by atoms with Crippen LogP contribution in [-0.4, -0.2) is 66.7 Å². The zero-order valence-corrected chi connectivity index (χ0v) is 11.7. The largest absolute Gasteiger partial charge is 0.481 e. The summed E-state index contributed by atoms with van der Waals surface area (Å²) < 4.78 is 5.06. The third-order valence-corrected chi connectivity index (χ3v) is 2.60. The first-order valence-corrected chi connectivity index (χ1v) is 6.10. The molecular weight excluding hydrogens is 246 g/mol. The monoisotopic (exact) mass is 267 g/mol. The van der Waals surface area contributed by atoms with Gasteiger partial charge in [-0.3, -0.25) is 9.69 Å². The lowest BCUT2D eigenvalue weighted by Gasteiger charge is -2.22. The van der Waals surface area contributed by atoms with E-state index in [-0.39, 0.29) is 6.54 Å². The van der Waals surface area contributed by atoms with E-state index in [0.717, 1.165) is 12.2 Å². The van der Waals surface area contributed by atoms with Crippen molar-refractivity contribution in [1.82, 2.24) is 14.8 Å². The quantitative estimate of drug-likeness (QED) is 0.741. The van der Waals surface area contributed by atoms with Gasteiger partial charge < -0.3 is 14.7 Å². The number of carboxylic acid groups (broad SMARTS) is 1. The highest BCUT2D eigenvalue weighted by molar-refractivity contribution is 5.69. The molecule has 0 aliphatic rings. The minimum Gasteiger partial charge on any atom is -0.481 e. The maximum Gasteiger partial charge on any atom is 0.317 e. The minimum absolute atomic E-state index is 0.00668. The fourth-order valence-corrected chi connectivity index (χ4v) is 1.64. The van der Waals surface area contributed by atoms with Crippen LogP contribution in [0.4, 0.5) is 0 Å². The summed E-state index contributed by atoms with van der Waals surface area (Å²) >= 11 is 0. The van der Waals surface area contributed by atoms with Crippen LogP contribution in [0.25, 0.3) is 0 Å². The summed E-state index contributed by atoms with van der Waals surface area (Å²) in [6, 6.07) is 5.49. The molecule has 19 heavy (non-hydrogen) atoms. The Bertz CT molecular complexity index is 410. The van der Waals surface area contributed by atoms with Crippen molar-refractivity contribution in [1.29, 1.82) is 0 Å². The van der Waals surface area contributed by atoms with Gasteiger partial charge in [0.25, 0.3) is 0 Å². The molecule has 6 heteroatoms. The predicted molar refractivity (Wildman–Crippen MR) is 72.3 cm³/mol. The summed E-state index contributed by atoms with van der Waals surface area (Å²) in [5.41, 5.74) is 0.805. The van der Waals surface area contributed by atoms with Gasteiger partial charge in [-0.25, -0.2) is 4.98 Å². The van der Waals surface area contributed by atoms with Gasteiger partial charge in [-0.2, -0.15) is 0 Å². The fourth-order valence-electron chi connectivity index (χ4n) is 1.64. The van der Waals surface area contributed by atoms with Gasteiger partial charge in [-0.15, -0.1) is 0 Å². The van der Waals surface area contributed by atoms with Crippen LogP contribution in [-0.2, 0) is 11.3 Å². The number of carboxylic acids is 1. The van der Waals surface area contributed by atoms with Crippen LogP contribution in [0, 0.1) is 0 Å². The molecule has 1 aromatic heterocycles. The summed E-state index contributed by atoms with van der Waals surface area (Å²) in [4.78, 5) is 19.0. The summed E-state index contributed by atoms with van der Waals surface area (Å²) in [6.45, 7) is 1.99. The van der Waals surface area contributed by atoms with E-state index in [4.69, 9.17) is 9.84 Å². The lowest BCUT2D eigenvalue weighted by molar-refractivity contribution is -0.138. The topological polar surface area (TPSA) is 65.9 Å². The average molecular weight is 267 g/mol. The first kappa shape index (κ1) is 15.4. The number of pyridine rings is 1. The normalized spacial score (nSPS) is 11.0. The number of carbonyl (C=O) groups is 1. The molecule has 0 aliphatic carbocycles. The summed E-state index contributed by atoms with van der Waals surface area (Å²) in [7, 11) is 5.48. The van der Waals surface area contributed by atoms with Crippen molar-refractivity contribution in [2.75, 3.05) is 40.8 Å². The predicted octanol–water partition coefficient (Wildman–Crippen LogP) is 0.538. The van der Waals surface area contributed by atoms with Crippen LogP contribution >= 0.6 is 0 Å². The molecule has 0 atom stereocenters. The Labute approximate surface area is 113 Å². The van der Waals surface area contributed by atoms with Crippen molar-refractivity contribution >= 4 is 5.97 Å². The Morgan fingerprint density at radius 2 is 2.11 bits per heavy atom. The summed E-state index contributed by atoms with van der Waals surface area (Å²) in [5.74, 6) is -0.290. The van der Waals surface area contributed by atoms with Gasteiger partial charge in [0.2, 0.25) is 5.88 Å². The van der Waals surface area contributed by atoms with Gasteiger partial charge >= 0.3 is 5.97 Å². The van der Waals surface area contributed by atoms with Crippen molar-refractivity contribution in [3.05, 3.63) is 23.9 Å². The molecule has 1 rings (SSSR count). The standard InChI is InChI=1S/C13H21N3O3/c1-15(2)7-8-16(10-13(17)18)9-11-5-4-6-12(14-11)19-3/h4-6H,7-10H2,1-3H3,(H,17,18). The molecule has 0 radical (unpaired) electrons. The zero-order chi connectivity index (χ0) is 14.3. The Kier molecular flexibility index (Phi) is 6.24. The number of hydrogen-bond acceptors (Lipinski definition) is 5. The number of likely N-dealkylation sites (N-methyl/N-ethyl adjacent to an activating group) is 1. The van der Waals surface area contributed by atoms with Crippen molar-refractivity contribution in [3.8, 4) is 5.88 Å². The SMILES string of the molecule is COc1cccc(CN(CCN(C)C)CC(=O)O)n1. The van der Waals surface area contributed by atoms with Crippen LogP contribution in [0.1, 0.15) is 5.69 Å². The minimum atomic E-state index is -0.832. The highest BCUT2D eigenvalue weighted by Crippen LogP contribution is 2.09. The van der Waals surface area contributed by atoms with Crippen LogP contribution in [0.5, 0.6) is 5.88 Å². The summed E-state index contributed by atoms with van der Waals surface area (Å²) in [6.07, 6.45) is 0. The molecule has 0 bridgehead atoms. The van der Waals surface area contributed by atoms with Crippen molar-refractivity contribution < 1.29 is 14.6 Å². The van der Waals surface area contributed by atoms with E-state index < -0.39 is 5.97 Å². The molecular formula is C13H21N3O3. The number of methoxy groups -OCH3 is 1. The molecule has 0 aliphatic heterocycles. The van der Waals surface area contributed by atoms with E-state index in [1.54, 1.807) is 13.2 Å². The lowest BCUT2D eigenvalue weighted by Crippen LogP contribution is -2.35. The molecule has 6 nitrogen and oxygen atoms in total. The molecule has 0 spiro atoms. The molecule has 1 heterocycles. The van der Waals surface area contributed by atoms with E-state index in [2.05, 4.69) is 4.98 Å². The van der Waals surface area contributed by atoms with Gasteiger partial charge in [0.05, 0.1) is 19.3 Å². The third-order valence-electron chi connectivity index (χ3n) is 2.60. The van der Waals surface area contributed by atoms with Gasteiger partial charge in [-0.05, 0) is 20.2 Å². The number of nitrogens with zero attached hydrogens (tertiary/aromatic N) is 3. The van der Waals surface area contributed by atoms with Crippen LogP contribution in [0.15, 0.2) is 18.2 Å². The van der Waals surface area contributed by atoms with E-state index >= 15 is 0 Å². The lowest BCUT2D eigenvalue weighted by atomic mass is 10.3. The Balaban J connectivity index is 2.66. The van der Waals surface area contributed by atoms with Gasteiger partial charge in [0.1, 0.15) is 0 Å². The molecule has 0 unspecified atom stereocenters. The Morgan fingerprint density at radius 1 is 1.37 bits per heavy atom. The van der Waals surface area contributed by atoms with Gasteiger partial charge in [0.15, 0.2) is 0 Å². The molecule has 0 saturated heterocycles. The van der Waals surface area contributed by atoms with Gasteiger partial charge in [0, 0.05) is 25.7 Å². The van der Waals surface area contributed by atoms with Crippen molar-refractivity contribution in [2.45, 2.75) is 6.54 Å². The number of hydrogen-bond donors (Lipinski definition) is 1. The van der Waals surface area contributed by atoms with Gasteiger partial charge in [-0.1, -0.05) is 6.07 Å². The maximum absolute atomic E-state index is 10.9. The first-order chi connectivity index (χ1) is 9.01. The maximum atomic E-state index is 10.9. The zero-order valence-electron chi connectivity index (χ0n) is 11.7. The average Bonchev–Trinajstić information content (AvgIpc) is 2.35. The molecule has 106 valence electrons. The number of ether oxygens (including phenoxy) is 1. The molecule has 0 saturated carbocycles.